The Morgan fingerprint density at radius 2 is 1.83 bits per heavy atom. The predicted molar refractivity (Wildman–Crippen MR) is 78.9 cm³/mol. The Morgan fingerprint density at radius 1 is 1.22 bits per heavy atom. The molecule has 0 aliphatic rings. The van der Waals surface area contributed by atoms with E-state index in [9.17, 15) is 4.79 Å². The molecule has 18 heavy (non-hydrogen) atoms. The fourth-order valence-electron chi connectivity index (χ4n) is 2.10. The summed E-state index contributed by atoms with van der Waals surface area (Å²) in [5, 5.41) is 0. The quantitative estimate of drug-likeness (QED) is 0.748. The third-order valence-electron chi connectivity index (χ3n) is 2.82. The van der Waals surface area contributed by atoms with Crippen molar-refractivity contribution in [2.45, 2.75) is 46.6 Å². The summed E-state index contributed by atoms with van der Waals surface area (Å²) in [6.07, 6.45) is 5.03. The monoisotopic (exact) mass is 314 g/mol. The molecule has 4 heteroatoms. The van der Waals surface area contributed by atoms with Crippen LogP contribution in [0.25, 0.3) is 0 Å². The van der Waals surface area contributed by atoms with Gasteiger partial charge in [0.1, 0.15) is 5.69 Å². The van der Waals surface area contributed by atoms with Crippen molar-refractivity contribution in [2.75, 3.05) is 13.1 Å². The number of carbonyl (C=O) groups excluding carboxylic acids is 1. The second-order valence-electron chi connectivity index (χ2n) is 4.53. The largest absolute Gasteiger partial charge is 0.342 e. The molecule has 0 fully saturated rings. The first-order valence-corrected chi connectivity index (χ1v) is 7.58. The van der Waals surface area contributed by atoms with E-state index >= 15 is 0 Å². The van der Waals surface area contributed by atoms with E-state index in [1.807, 2.05) is 21.7 Å². The zero-order valence-corrected chi connectivity index (χ0v) is 13.2. The summed E-state index contributed by atoms with van der Waals surface area (Å²) in [5.41, 5.74) is 0.797. The average molecular weight is 315 g/mol. The predicted octanol–water partition coefficient (Wildman–Crippen LogP) is 3.92. The molecule has 0 atom stereocenters. The van der Waals surface area contributed by atoms with Crippen LogP contribution in [-0.2, 0) is 6.54 Å². The number of hydrogen-bond donors (Lipinski definition) is 0. The Hall–Kier alpha value is -0.770. The normalized spacial score (nSPS) is 10.7. The summed E-state index contributed by atoms with van der Waals surface area (Å²) in [5.74, 6) is 0.151. The maximum absolute atomic E-state index is 12.5. The van der Waals surface area contributed by atoms with Crippen LogP contribution in [0, 0.1) is 0 Å². The topological polar surface area (TPSA) is 25.2 Å². The highest BCUT2D eigenvalue weighted by atomic mass is 79.9. The highest BCUT2D eigenvalue weighted by Crippen LogP contribution is 2.17. The summed E-state index contributed by atoms with van der Waals surface area (Å²) in [7, 11) is 0. The van der Waals surface area contributed by atoms with E-state index in [2.05, 4.69) is 36.7 Å². The number of aromatic nitrogens is 1. The van der Waals surface area contributed by atoms with E-state index in [0.29, 0.717) is 0 Å². The lowest BCUT2D eigenvalue weighted by Crippen LogP contribution is -2.33. The van der Waals surface area contributed by atoms with E-state index in [4.69, 9.17) is 0 Å². The molecule has 1 heterocycles. The van der Waals surface area contributed by atoms with Gasteiger partial charge in [0, 0.05) is 30.3 Å². The molecule has 0 saturated heterocycles. The minimum absolute atomic E-state index is 0.151. The third-order valence-corrected chi connectivity index (χ3v) is 3.25. The van der Waals surface area contributed by atoms with E-state index in [0.717, 1.165) is 49.1 Å². The van der Waals surface area contributed by atoms with Crippen LogP contribution in [-0.4, -0.2) is 28.5 Å². The number of rotatable bonds is 7. The van der Waals surface area contributed by atoms with E-state index < -0.39 is 0 Å². The molecular weight excluding hydrogens is 292 g/mol. The van der Waals surface area contributed by atoms with Gasteiger partial charge in [-0.15, -0.1) is 0 Å². The van der Waals surface area contributed by atoms with Gasteiger partial charge in [0.2, 0.25) is 0 Å². The highest BCUT2D eigenvalue weighted by molar-refractivity contribution is 9.10. The zero-order chi connectivity index (χ0) is 13.5. The summed E-state index contributed by atoms with van der Waals surface area (Å²) in [4.78, 5) is 14.5. The van der Waals surface area contributed by atoms with Gasteiger partial charge in [-0.3, -0.25) is 4.79 Å². The first-order chi connectivity index (χ1) is 8.63. The summed E-state index contributed by atoms with van der Waals surface area (Å²) in [6.45, 7) is 8.90. The van der Waals surface area contributed by atoms with Crippen LogP contribution in [0.2, 0.25) is 0 Å². The van der Waals surface area contributed by atoms with Gasteiger partial charge in [-0.25, -0.2) is 0 Å². The van der Waals surface area contributed by atoms with Crippen LogP contribution in [0.4, 0.5) is 0 Å². The van der Waals surface area contributed by atoms with Crippen LogP contribution in [0.3, 0.4) is 0 Å². The van der Waals surface area contributed by atoms with Crippen LogP contribution in [0.15, 0.2) is 16.7 Å². The number of aryl methyl sites for hydroxylation is 1. The molecule has 102 valence electrons. The third kappa shape index (κ3) is 3.87. The Labute approximate surface area is 118 Å². The number of carbonyl (C=O) groups is 1. The molecule has 0 bridgehead atoms. The van der Waals surface area contributed by atoms with Crippen LogP contribution < -0.4 is 0 Å². The first-order valence-electron chi connectivity index (χ1n) is 6.78. The van der Waals surface area contributed by atoms with Gasteiger partial charge >= 0.3 is 0 Å². The number of halogens is 1. The highest BCUT2D eigenvalue weighted by Gasteiger charge is 2.18. The van der Waals surface area contributed by atoms with Gasteiger partial charge in [-0.2, -0.15) is 0 Å². The molecular formula is C14H23BrN2O. The molecule has 0 aliphatic heterocycles. The van der Waals surface area contributed by atoms with Gasteiger partial charge in [0.25, 0.3) is 5.91 Å². The second kappa shape index (κ2) is 7.62. The van der Waals surface area contributed by atoms with Gasteiger partial charge < -0.3 is 9.47 Å². The maximum atomic E-state index is 12.5. The maximum Gasteiger partial charge on any atom is 0.270 e. The van der Waals surface area contributed by atoms with Crippen molar-refractivity contribution in [3.05, 3.63) is 22.4 Å². The molecule has 0 N–H and O–H groups in total. The smallest absolute Gasteiger partial charge is 0.270 e. The lowest BCUT2D eigenvalue weighted by molar-refractivity contribution is 0.0744. The average Bonchev–Trinajstić information content (AvgIpc) is 2.70. The van der Waals surface area contributed by atoms with Crippen molar-refractivity contribution in [3.8, 4) is 0 Å². The Balaban J connectivity index is 2.92. The molecule has 0 spiro atoms. The molecule has 3 nitrogen and oxygen atoms in total. The van der Waals surface area contributed by atoms with Crippen molar-refractivity contribution in [1.82, 2.24) is 9.47 Å². The molecule has 0 saturated carbocycles. The van der Waals surface area contributed by atoms with Crippen LogP contribution in [0.5, 0.6) is 0 Å². The van der Waals surface area contributed by atoms with Crippen molar-refractivity contribution in [2.24, 2.45) is 0 Å². The standard InChI is InChI=1S/C14H23BrN2O/c1-4-7-16(8-5-2)14(18)13-10-12(15)11-17(13)9-6-3/h10-11H,4-9H2,1-3H3. The summed E-state index contributed by atoms with van der Waals surface area (Å²) < 4.78 is 3.03. The van der Waals surface area contributed by atoms with Gasteiger partial charge in [-0.05, 0) is 41.3 Å². The van der Waals surface area contributed by atoms with Gasteiger partial charge in [-0.1, -0.05) is 20.8 Å². The lowest BCUT2D eigenvalue weighted by Gasteiger charge is -2.22. The minimum Gasteiger partial charge on any atom is -0.342 e. The number of nitrogens with zero attached hydrogens (tertiary/aromatic N) is 2. The fraction of sp³-hybridized carbons (Fsp3) is 0.643. The van der Waals surface area contributed by atoms with Crippen molar-refractivity contribution in [1.29, 1.82) is 0 Å². The number of hydrogen-bond acceptors (Lipinski definition) is 1. The molecule has 1 rings (SSSR count). The lowest BCUT2D eigenvalue weighted by atomic mass is 10.3. The summed E-state index contributed by atoms with van der Waals surface area (Å²) in [6, 6.07) is 1.93. The molecule has 0 unspecified atom stereocenters. The van der Waals surface area contributed by atoms with Gasteiger partial charge in [0.15, 0.2) is 0 Å². The van der Waals surface area contributed by atoms with Crippen molar-refractivity contribution >= 4 is 21.8 Å². The van der Waals surface area contributed by atoms with E-state index in [-0.39, 0.29) is 5.91 Å². The van der Waals surface area contributed by atoms with Gasteiger partial charge in [0.05, 0.1) is 0 Å². The first kappa shape index (κ1) is 15.3. The van der Waals surface area contributed by atoms with E-state index in [1.54, 1.807) is 0 Å². The number of amides is 1. The Bertz CT molecular complexity index is 381. The SMILES string of the molecule is CCCN(CCC)C(=O)c1cc(Br)cn1CCC. The molecule has 1 aromatic rings. The Morgan fingerprint density at radius 3 is 2.33 bits per heavy atom. The minimum atomic E-state index is 0.151. The Kier molecular flexibility index (Phi) is 6.47. The molecule has 0 aromatic carbocycles. The van der Waals surface area contributed by atoms with Crippen LogP contribution >= 0.6 is 15.9 Å². The van der Waals surface area contributed by atoms with Crippen molar-refractivity contribution < 1.29 is 4.79 Å². The van der Waals surface area contributed by atoms with Crippen LogP contribution in [0.1, 0.15) is 50.5 Å². The summed E-state index contributed by atoms with van der Waals surface area (Å²) >= 11 is 3.46. The molecule has 0 aliphatic carbocycles. The molecule has 1 amide bonds. The fourth-order valence-corrected chi connectivity index (χ4v) is 2.56. The van der Waals surface area contributed by atoms with Crippen molar-refractivity contribution in [3.63, 3.8) is 0 Å². The second-order valence-corrected chi connectivity index (χ2v) is 5.44. The van der Waals surface area contributed by atoms with E-state index in [1.165, 1.54) is 0 Å². The molecule has 1 aromatic heterocycles. The zero-order valence-electron chi connectivity index (χ0n) is 11.6. The molecule has 0 radical (unpaired) electrons.